The van der Waals surface area contributed by atoms with E-state index in [0.717, 1.165) is 16.7 Å². The summed E-state index contributed by atoms with van der Waals surface area (Å²) in [6.07, 6.45) is 0. The van der Waals surface area contributed by atoms with Gasteiger partial charge >= 0.3 is 0 Å². The van der Waals surface area contributed by atoms with Crippen LogP contribution in [-0.4, -0.2) is 23.8 Å². The van der Waals surface area contributed by atoms with Crippen LogP contribution in [0.25, 0.3) is 0 Å². The average molecular weight is 366 g/mol. The minimum atomic E-state index is -3.84. The first-order valence-corrected chi connectivity index (χ1v) is 8.42. The third-order valence-electron chi connectivity index (χ3n) is 3.39. The van der Waals surface area contributed by atoms with Gasteiger partial charge in [-0.05, 0) is 31.2 Å². The first kappa shape index (κ1) is 18.3. The van der Waals surface area contributed by atoms with Gasteiger partial charge in [-0.15, -0.1) is 0 Å². The van der Waals surface area contributed by atoms with Gasteiger partial charge in [0.2, 0.25) is 15.9 Å². The molecule has 1 aromatic heterocycles. The smallest absolute Gasteiger partial charge is 0.288 e. The van der Waals surface area contributed by atoms with Gasteiger partial charge in [-0.3, -0.25) is 24.3 Å². The summed E-state index contributed by atoms with van der Waals surface area (Å²) in [5, 5.41) is 18.3. The van der Waals surface area contributed by atoms with Crippen molar-refractivity contribution in [3.05, 3.63) is 62.6 Å². The van der Waals surface area contributed by atoms with Crippen LogP contribution >= 0.6 is 0 Å². The molecule has 0 saturated heterocycles. The molecule has 0 unspecified atom stereocenters. The second-order valence-corrected chi connectivity index (χ2v) is 6.66. The number of benzene rings is 1. The number of rotatable bonds is 5. The quantitative estimate of drug-likeness (QED) is 0.575. The van der Waals surface area contributed by atoms with E-state index in [4.69, 9.17) is 5.14 Å². The zero-order valence-electron chi connectivity index (χ0n) is 13.0. The highest BCUT2D eigenvalue weighted by molar-refractivity contribution is 7.89. The number of hydrogen-bond acceptors (Lipinski definition) is 6. The van der Waals surface area contributed by atoms with Crippen LogP contribution in [0, 0.1) is 17.0 Å². The Morgan fingerprint density at radius 1 is 1.24 bits per heavy atom. The summed E-state index contributed by atoms with van der Waals surface area (Å²) in [5.41, 5.74) is -0.488. The van der Waals surface area contributed by atoms with Crippen molar-refractivity contribution in [3.63, 3.8) is 0 Å². The van der Waals surface area contributed by atoms with Gasteiger partial charge in [0.05, 0.1) is 15.5 Å². The normalized spacial score (nSPS) is 11.1. The summed E-state index contributed by atoms with van der Waals surface area (Å²) in [4.78, 5) is 34.1. The fourth-order valence-electron chi connectivity index (χ4n) is 2.13. The van der Waals surface area contributed by atoms with Gasteiger partial charge < -0.3 is 5.32 Å². The number of primary sulfonamides is 1. The molecule has 0 fully saturated rings. The second kappa shape index (κ2) is 6.83. The number of amides is 1. The number of anilines is 1. The minimum absolute atomic E-state index is 0.0530. The van der Waals surface area contributed by atoms with Crippen molar-refractivity contribution in [2.75, 3.05) is 5.32 Å². The Labute approximate surface area is 142 Å². The number of nitrogens with two attached hydrogens (primary N) is 1. The highest BCUT2D eigenvalue weighted by Crippen LogP contribution is 2.15. The zero-order chi connectivity index (χ0) is 18.8. The molecule has 11 heteroatoms. The topological polar surface area (TPSA) is 154 Å². The van der Waals surface area contributed by atoms with Gasteiger partial charge in [0, 0.05) is 17.8 Å². The number of sulfonamides is 1. The largest absolute Gasteiger partial charge is 0.325 e. The number of pyridine rings is 1. The van der Waals surface area contributed by atoms with E-state index >= 15 is 0 Å². The van der Waals surface area contributed by atoms with Gasteiger partial charge in [-0.25, -0.2) is 13.6 Å². The van der Waals surface area contributed by atoms with Crippen LogP contribution in [0.15, 0.2) is 46.1 Å². The summed E-state index contributed by atoms with van der Waals surface area (Å²) in [7, 11) is -3.84. The summed E-state index contributed by atoms with van der Waals surface area (Å²) >= 11 is 0. The SMILES string of the molecule is Cc1c([N+](=O)[O-])ccc(=O)n1CC(=O)Nc1ccc(S(N)(=O)=O)cc1. The summed E-state index contributed by atoms with van der Waals surface area (Å²) < 4.78 is 23.3. The molecule has 2 aromatic rings. The summed E-state index contributed by atoms with van der Waals surface area (Å²) in [5.74, 6) is -0.603. The van der Waals surface area contributed by atoms with Gasteiger partial charge in [0.15, 0.2) is 0 Å². The Morgan fingerprint density at radius 3 is 2.36 bits per heavy atom. The van der Waals surface area contributed by atoms with Crippen molar-refractivity contribution >= 4 is 27.3 Å². The predicted molar refractivity (Wildman–Crippen MR) is 88.5 cm³/mol. The van der Waals surface area contributed by atoms with Crippen molar-refractivity contribution in [1.82, 2.24) is 4.57 Å². The Kier molecular flexibility index (Phi) is 4.99. The molecular weight excluding hydrogens is 352 g/mol. The monoisotopic (exact) mass is 366 g/mol. The standard InChI is InChI=1S/C14H14N4O6S/c1-9-12(18(21)22)6-7-14(20)17(9)8-13(19)16-10-2-4-11(5-3-10)25(15,23)24/h2-7H,8H2,1H3,(H,16,19)(H2,15,23,24). The van der Waals surface area contributed by atoms with E-state index in [0.29, 0.717) is 0 Å². The number of hydrogen-bond donors (Lipinski definition) is 2. The van der Waals surface area contributed by atoms with Gasteiger partial charge in [0.25, 0.3) is 11.2 Å². The molecule has 0 spiro atoms. The van der Waals surface area contributed by atoms with E-state index in [1.165, 1.54) is 31.2 Å². The molecule has 0 aliphatic carbocycles. The molecule has 1 heterocycles. The zero-order valence-corrected chi connectivity index (χ0v) is 13.8. The molecule has 3 N–H and O–H groups in total. The van der Waals surface area contributed by atoms with E-state index in [1.807, 2.05) is 0 Å². The lowest BCUT2D eigenvalue weighted by atomic mass is 10.3. The van der Waals surface area contributed by atoms with Crippen LogP contribution in [0.3, 0.4) is 0 Å². The molecule has 0 radical (unpaired) electrons. The van der Waals surface area contributed by atoms with Crippen LogP contribution in [-0.2, 0) is 21.4 Å². The maximum Gasteiger partial charge on any atom is 0.288 e. The fourth-order valence-corrected chi connectivity index (χ4v) is 2.64. The summed E-state index contributed by atoms with van der Waals surface area (Å²) in [6.45, 7) is 0.941. The number of carbonyl (C=O) groups excluding carboxylic acids is 1. The van der Waals surface area contributed by atoms with Crippen LogP contribution in [0.4, 0.5) is 11.4 Å². The molecule has 10 nitrogen and oxygen atoms in total. The van der Waals surface area contributed by atoms with Crippen molar-refractivity contribution in [3.8, 4) is 0 Å². The molecular formula is C14H14N4O6S. The van der Waals surface area contributed by atoms with E-state index in [2.05, 4.69) is 5.32 Å². The Hall–Kier alpha value is -3.05. The number of nitro groups is 1. The van der Waals surface area contributed by atoms with E-state index in [1.54, 1.807) is 0 Å². The first-order valence-electron chi connectivity index (χ1n) is 6.87. The first-order chi connectivity index (χ1) is 11.6. The van der Waals surface area contributed by atoms with Crippen LogP contribution in [0.2, 0.25) is 0 Å². The van der Waals surface area contributed by atoms with Crippen LogP contribution in [0.1, 0.15) is 5.69 Å². The molecule has 0 aliphatic rings. The van der Waals surface area contributed by atoms with Crippen molar-refractivity contribution in [1.29, 1.82) is 0 Å². The molecule has 1 aromatic carbocycles. The lowest BCUT2D eigenvalue weighted by Crippen LogP contribution is -2.29. The van der Waals surface area contributed by atoms with Gasteiger partial charge in [0.1, 0.15) is 6.54 Å². The molecule has 25 heavy (non-hydrogen) atoms. The number of nitrogens with one attached hydrogen (secondary N) is 1. The van der Waals surface area contributed by atoms with Crippen LogP contribution < -0.4 is 16.0 Å². The predicted octanol–water partition coefficient (Wildman–Crippen LogP) is 0.351. The Morgan fingerprint density at radius 2 is 1.84 bits per heavy atom. The molecule has 0 aliphatic heterocycles. The third kappa shape index (κ3) is 4.28. The van der Waals surface area contributed by atoms with Crippen molar-refractivity contribution in [2.24, 2.45) is 5.14 Å². The number of aromatic nitrogens is 1. The minimum Gasteiger partial charge on any atom is -0.325 e. The molecule has 2 rings (SSSR count). The lowest BCUT2D eigenvalue weighted by Gasteiger charge is -2.10. The van der Waals surface area contributed by atoms with E-state index in [-0.39, 0.29) is 22.0 Å². The van der Waals surface area contributed by atoms with E-state index in [9.17, 15) is 28.1 Å². The molecule has 0 atom stereocenters. The maximum atomic E-state index is 12.1. The van der Waals surface area contributed by atoms with Crippen molar-refractivity contribution in [2.45, 2.75) is 18.4 Å². The lowest BCUT2D eigenvalue weighted by molar-refractivity contribution is -0.386. The Balaban J connectivity index is 2.20. The summed E-state index contributed by atoms with van der Waals surface area (Å²) in [6, 6.07) is 7.20. The molecule has 0 saturated carbocycles. The third-order valence-corrected chi connectivity index (χ3v) is 4.32. The number of carbonyl (C=O) groups is 1. The molecule has 132 valence electrons. The van der Waals surface area contributed by atoms with Crippen LogP contribution in [0.5, 0.6) is 0 Å². The van der Waals surface area contributed by atoms with E-state index < -0.39 is 33.0 Å². The number of nitrogens with zero attached hydrogens (tertiary/aromatic N) is 2. The second-order valence-electron chi connectivity index (χ2n) is 5.10. The Bertz CT molecular complexity index is 995. The maximum absolute atomic E-state index is 12.1. The molecule has 0 bridgehead atoms. The highest BCUT2D eigenvalue weighted by atomic mass is 32.2. The van der Waals surface area contributed by atoms with Gasteiger partial charge in [-0.2, -0.15) is 0 Å². The van der Waals surface area contributed by atoms with Gasteiger partial charge in [-0.1, -0.05) is 0 Å². The molecule has 1 amide bonds. The average Bonchev–Trinajstić information content (AvgIpc) is 2.50. The fraction of sp³-hybridized carbons (Fsp3) is 0.143. The van der Waals surface area contributed by atoms with Crippen molar-refractivity contribution < 1.29 is 18.1 Å². The highest BCUT2D eigenvalue weighted by Gasteiger charge is 2.17.